The van der Waals surface area contributed by atoms with Crippen LogP contribution in [-0.4, -0.2) is 42.8 Å². The normalized spacial score (nSPS) is 15.6. The molecule has 1 saturated heterocycles. The highest BCUT2D eigenvalue weighted by Gasteiger charge is 2.36. The number of amides is 1. The zero-order valence-electron chi connectivity index (χ0n) is 21.4. The molecule has 0 aliphatic carbocycles. The molecular weight excluding hydrogens is 466 g/mol. The van der Waals surface area contributed by atoms with Gasteiger partial charge in [-0.15, -0.1) is 0 Å². The second kappa shape index (κ2) is 10.8. The van der Waals surface area contributed by atoms with Crippen LogP contribution in [0.4, 0.5) is 5.69 Å². The number of ether oxygens (including phenoxy) is 3. The van der Waals surface area contributed by atoms with E-state index in [1.807, 2.05) is 79.7 Å². The molecule has 190 valence electrons. The zero-order chi connectivity index (χ0) is 25.8. The lowest BCUT2D eigenvalue weighted by Gasteiger charge is -2.20. The predicted octanol–water partition coefficient (Wildman–Crippen LogP) is 5.69. The minimum absolute atomic E-state index is 0.0422. The SMILES string of the molecule is C/C=C/c1ccc(OCCn2c([C@@H]3CC(=O)N(c4ccccc4OC)C3)nc3ccccc32)c(OC)c1. The molecule has 0 unspecified atom stereocenters. The van der Waals surface area contributed by atoms with E-state index in [2.05, 4.69) is 10.6 Å². The summed E-state index contributed by atoms with van der Waals surface area (Å²) in [7, 11) is 3.27. The van der Waals surface area contributed by atoms with Gasteiger partial charge in [-0.25, -0.2) is 4.98 Å². The fourth-order valence-electron chi connectivity index (χ4n) is 4.95. The van der Waals surface area contributed by atoms with Gasteiger partial charge in [-0.3, -0.25) is 4.79 Å². The van der Waals surface area contributed by atoms with Crippen LogP contribution in [0.15, 0.2) is 72.8 Å². The summed E-state index contributed by atoms with van der Waals surface area (Å²) in [4.78, 5) is 19.8. The number of aromatic nitrogens is 2. The number of hydrogen-bond donors (Lipinski definition) is 0. The number of imidazole rings is 1. The molecular formula is C30H31N3O4. The molecule has 1 atom stereocenters. The van der Waals surface area contributed by atoms with E-state index in [9.17, 15) is 4.79 Å². The second-order valence-corrected chi connectivity index (χ2v) is 8.95. The Balaban J connectivity index is 1.39. The first-order chi connectivity index (χ1) is 18.1. The van der Waals surface area contributed by atoms with Gasteiger partial charge >= 0.3 is 0 Å². The Labute approximate surface area is 216 Å². The molecule has 2 heterocycles. The van der Waals surface area contributed by atoms with Gasteiger partial charge in [0.2, 0.25) is 5.91 Å². The van der Waals surface area contributed by atoms with Crippen molar-refractivity contribution in [2.24, 2.45) is 0 Å². The summed E-state index contributed by atoms with van der Waals surface area (Å²) in [6, 6.07) is 21.6. The maximum absolute atomic E-state index is 13.1. The summed E-state index contributed by atoms with van der Waals surface area (Å²) in [5.74, 6) is 2.99. The van der Waals surface area contributed by atoms with Crippen LogP contribution < -0.4 is 19.1 Å². The lowest BCUT2D eigenvalue weighted by molar-refractivity contribution is -0.117. The van der Waals surface area contributed by atoms with Crippen LogP contribution in [0.2, 0.25) is 0 Å². The van der Waals surface area contributed by atoms with E-state index in [-0.39, 0.29) is 11.8 Å². The Morgan fingerprint density at radius 3 is 2.57 bits per heavy atom. The Hall–Kier alpha value is -4.26. The van der Waals surface area contributed by atoms with Gasteiger partial charge in [0.05, 0.1) is 37.5 Å². The molecule has 0 saturated carbocycles. The standard InChI is InChI=1S/C30H31N3O4/c1-4-9-21-14-15-27(28(18-21)36-3)37-17-16-32-24-11-6-5-10-23(24)31-30(32)22-19-29(34)33(20-22)25-12-7-8-13-26(25)35-2/h4-15,18,22H,16-17,19-20H2,1-3H3/b9-4+/t22-/m1/s1. The zero-order valence-corrected chi connectivity index (χ0v) is 21.4. The Morgan fingerprint density at radius 2 is 1.76 bits per heavy atom. The molecule has 5 rings (SSSR count). The summed E-state index contributed by atoms with van der Waals surface area (Å²) in [5.41, 5.74) is 3.78. The lowest BCUT2D eigenvalue weighted by Crippen LogP contribution is -2.25. The number of benzene rings is 3. The summed E-state index contributed by atoms with van der Waals surface area (Å²) >= 11 is 0. The molecule has 1 aromatic heterocycles. The molecule has 0 radical (unpaired) electrons. The average molecular weight is 498 g/mol. The predicted molar refractivity (Wildman–Crippen MR) is 146 cm³/mol. The molecule has 1 aliphatic rings. The van der Waals surface area contributed by atoms with Gasteiger partial charge in [0.15, 0.2) is 11.5 Å². The number of carbonyl (C=O) groups is 1. The first-order valence-corrected chi connectivity index (χ1v) is 12.4. The van der Waals surface area contributed by atoms with Gasteiger partial charge in [0.1, 0.15) is 18.2 Å². The van der Waals surface area contributed by atoms with E-state index in [4.69, 9.17) is 19.2 Å². The Kier molecular flexibility index (Phi) is 7.12. The summed E-state index contributed by atoms with van der Waals surface area (Å²) in [6.45, 7) is 3.56. The van der Waals surface area contributed by atoms with E-state index in [1.54, 1.807) is 19.1 Å². The second-order valence-electron chi connectivity index (χ2n) is 8.95. The minimum atomic E-state index is -0.0422. The van der Waals surface area contributed by atoms with Crippen LogP contribution in [0.3, 0.4) is 0 Å². The number of allylic oxidation sites excluding steroid dienone is 1. The molecule has 3 aromatic carbocycles. The minimum Gasteiger partial charge on any atom is -0.495 e. The van der Waals surface area contributed by atoms with Crippen LogP contribution >= 0.6 is 0 Å². The summed E-state index contributed by atoms with van der Waals surface area (Å²) < 4.78 is 19.4. The number of rotatable bonds is 9. The van der Waals surface area contributed by atoms with E-state index >= 15 is 0 Å². The first-order valence-electron chi connectivity index (χ1n) is 12.4. The highest BCUT2D eigenvalue weighted by atomic mass is 16.5. The maximum Gasteiger partial charge on any atom is 0.227 e. The molecule has 0 N–H and O–H groups in total. The van der Waals surface area contributed by atoms with Crippen LogP contribution in [0.1, 0.15) is 30.7 Å². The first kappa shape index (κ1) is 24.4. The molecule has 1 amide bonds. The van der Waals surface area contributed by atoms with Gasteiger partial charge in [-0.05, 0) is 48.9 Å². The maximum atomic E-state index is 13.1. The van der Waals surface area contributed by atoms with Gasteiger partial charge in [-0.2, -0.15) is 0 Å². The van der Waals surface area contributed by atoms with Crippen molar-refractivity contribution in [1.82, 2.24) is 9.55 Å². The van der Waals surface area contributed by atoms with Crippen molar-refractivity contribution in [3.05, 3.63) is 84.2 Å². The van der Waals surface area contributed by atoms with Crippen molar-refractivity contribution in [2.45, 2.75) is 25.8 Å². The van der Waals surface area contributed by atoms with E-state index in [0.717, 1.165) is 28.1 Å². The number of carbonyl (C=O) groups excluding carboxylic acids is 1. The molecule has 0 bridgehead atoms. The fourth-order valence-corrected chi connectivity index (χ4v) is 4.95. The molecule has 0 spiro atoms. The topological polar surface area (TPSA) is 65.8 Å². The van der Waals surface area contributed by atoms with Crippen molar-refractivity contribution in [3.8, 4) is 17.2 Å². The van der Waals surface area contributed by atoms with E-state index in [1.165, 1.54) is 0 Å². The Morgan fingerprint density at radius 1 is 0.973 bits per heavy atom. The molecule has 7 nitrogen and oxygen atoms in total. The lowest BCUT2D eigenvalue weighted by atomic mass is 10.1. The number of nitrogens with zero attached hydrogens (tertiary/aromatic N) is 3. The summed E-state index contributed by atoms with van der Waals surface area (Å²) in [6.07, 6.45) is 4.40. The number of para-hydroxylation sites is 4. The number of fused-ring (bicyclic) bond motifs is 1. The van der Waals surface area contributed by atoms with Gasteiger partial charge in [-0.1, -0.05) is 42.5 Å². The van der Waals surface area contributed by atoms with E-state index in [0.29, 0.717) is 43.4 Å². The number of methoxy groups -OCH3 is 2. The number of hydrogen-bond acceptors (Lipinski definition) is 5. The van der Waals surface area contributed by atoms with Crippen LogP contribution in [0, 0.1) is 0 Å². The van der Waals surface area contributed by atoms with Crippen molar-refractivity contribution in [1.29, 1.82) is 0 Å². The third-order valence-corrected chi connectivity index (χ3v) is 6.67. The number of anilines is 1. The molecule has 4 aromatic rings. The largest absolute Gasteiger partial charge is 0.495 e. The van der Waals surface area contributed by atoms with Crippen molar-refractivity contribution < 1.29 is 19.0 Å². The monoisotopic (exact) mass is 497 g/mol. The summed E-state index contributed by atoms with van der Waals surface area (Å²) in [5, 5.41) is 0. The average Bonchev–Trinajstić information content (AvgIpc) is 3.49. The quantitative estimate of drug-likeness (QED) is 0.297. The van der Waals surface area contributed by atoms with Crippen molar-refractivity contribution >= 4 is 28.7 Å². The molecule has 7 heteroatoms. The highest BCUT2D eigenvalue weighted by molar-refractivity contribution is 5.97. The molecule has 37 heavy (non-hydrogen) atoms. The van der Waals surface area contributed by atoms with Crippen molar-refractivity contribution in [2.75, 3.05) is 32.3 Å². The third-order valence-electron chi connectivity index (χ3n) is 6.67. The Bertz CT molecular complexity index is 1440. The third kappa shape index (κ3) is 4.89. The fraction of sp³-hybridized carbons (Fsp3) is 0.267. The van der Waals surface area contributed by atoms with Gasteiger partial charge < -0.3 is 23.7 Å². The van der Waals surface area contributed by atoms with Crippen LogP contribution in [0.25, 0.3) is 17.1 Å². The highest BCUT2D eigenvalue weighted by Crippen LogP contribution is 2.37. The van der Waals surface area contributed by atoms with Gasteiger partial charge in [0.25, 0.3) is 0 Å². The van der Waals surface area contributed by atoms with Crippen LogP contribution in [-0.2, 0) is 11.3 Å². The van der Waals surface area contributed by atoms with Crippen LogP contribution in [0.5, 0.6) is 17.2 Å². The van der Waals surface area contributed by atoms with Crippen molar-refractivity contribution in [3.63, 3.8) is 0 Å². The van der Waals surface area contributed by atoms with Gasteiger partial charge in [0, 0.05) is 18.9 Å². The smallest absolute Gasteiger partial charge is 0.227 e. The molecule has 1 fully saturated rings. The van der Waals surface area contributed by atoms with E-state index < -0.39 is 0 Å². The molecule has 1 aliphatic heterocycles.